The lowest BCUT2D eigenvalue weighted by Gasteiger charge is -1.88. The van der Waals surface area contributed by atoms with Crippen molar-refractivity contribution in [3.63, 3.8) is 0 Å². The summed E-state index contributed by atoms with van der Waals surface area (Å²) in [5.74, 6) is -0.237. The molecule has 0 bridgehead atoms. The summed E-state index contributed by atoms with van der Waals surface area (Å²) in [7, 11) is 0. The molecule has 0 spiro atoms. The molecule has 7 nitrogen and oxygen atoms in total. The standard InChI is InChI=1S/C8H4N2S.C8H7NS.2C7H4BrNS.C7H4ClNS.C7H4FNS.6C2H6/c1-9-6-2-3-8-7(4-6)10-5-11-8;1-6-2-3-8-7(4-6)9-5-10-8;8-5-1-2-6-7(3-5)10-4-9-6;3*8-5-2-1-3-6-7(5)9-4-10-6;6*1-2/h2-5H;2-5H,1H3;4*1-4H;6*1-2H3. The van der Waals surface area contributed by atoms with Gasteiger partial charge >= 0.3 is 0 Å². The Hall–Kier alpha value is -4.67. The third-order valence-corrected chi connectivity index (χ3v) is 14.4. The number of aromatic nitrogens is 6. The van der Waals surface area contributed by atoms with Crippen LogP contribution in [0.2, 0.25) is 5.02 Å². The number of para-hydroxylation sites is 3. The number of halogens is 4. The summed E-state index contributed by atoms with van der Waals surface area (Å²) in [5, 5.41) is 0.735. The van der Waals surface area contributed by atoms with Gasteiger partial charge < -0.3 is 0 Å². The minimum atomic E-state index is -0.237. The molecule has 0 N–H and O–H groups in total. The van der Waals surface area contributed by atoms with Crippen molar-refractivity contribution in [2.45, 2.75) is 90.0 Å². The van der Waals surface area contributed by atoms with Crippen molar-refractivity contribution in [1.82, 2.24) is 29.9 Å². The average Bonchev–Trinajstić information content (AvgIpc) is 4.32. The minimum Gasteiger partial charge on any atom is -0.246 e. The van der Waals surface area contributed by atoms with Crippen molar-refractivity contribution in [3.05, 3.63) is 179 Å². The number of rotatable bonds is 0. The highest BCUT2D eigenvalue weighted by Gasteiger charge is 2.02. The van der Waals surface area contributed by atoms with Crippen molar-refractivity contribution in [3.8, 4) is 0 Å². The monoisotopic (exact) mass is 1240 g/mol. The van der Waals surface area contributed by atoms with Gasteiger partial charge in [-0.05, 0) is 101 Å². The molecule has 0 atom stereocenters. The molecule has 0 aliphatic carbocycles. The lowest BCUT2D eigenvalue weighted by atomic mass is 10.2. The van der Waals surface area contributed by atoms with Gasteiger partial charge in [-0.2, -0.15) is 0 Å². The first-order valence-electron chi connectivity index (χ1n) is 23.7. The number of benzene rings is 6. The van der Waals surface area contributed by atoms with E-state index in [-0.39, 0.29) is 5.82 Å². The van der Waals surface area contributed by atoms with E-state index in [9.17, 15) is 4.39 Å². The Morgan fingerprint density at radius 1 is 0.438 bits per heavy atom. The Kier molecular flexibility index (Phi) is 36.1. The minimum absolute atomic E-state index is 0.237. The predicted octanol–water partition coefficient (Wildman–Crippen LogP) is 23.1. The molecule has 12 aromatic rings. The summed E-state index contributed by atoms with van der Waals surface area (Å²) in [5.41, 5.74) is 18.3. The van der Waals surface area contributed by atoms with E-state index in [4.69, 9.17) is 18.2 Å². The highest BCUT2D eigenvalue weighted by molar-refractivity contribution is 9.11. The highest BCUT2D eigenvalue weighted by Crippen LogP contribution is 2.27. The second-order valence-electron chi connectivity index (χ2n) is 12.2. The molecular weight excluding hydrogens is 1180 g/mol. The van der Waals surface area contributed by atoms with Gasteiger partial charge in [0.1, 0.15) is 11.3 Å². The lowest BCUT2D eigenvalue weighted by Crippen LogP contribution is -1.73. The van der Waals surface area contributed by atoms with E-state index < -0.39 is 0 Å². The Bertz CT molecular complexity index is 3110. The van der Waals surface area contributed by atoms with E-state index in [1.807, 2.05) is 160 Å². The molecule has 0 saturated heterocycles. The number of aryl methyl sites for hydroxylation is 1. The first-order chi connectivity index (χ1) is 35.7. The van der Waals surface area contributed by atoms with Gasteiger partial charge in [-0.15, -0.1) is 68.0 Å². The van der Waals surface area contributed by atoms with E-state index >= 15 is 0 Å². The highest BCUT2D eigenvalue weighted by atomic mass is 79.9. The SMILES string of the molecule is Brc1ccc2ncsc2c1.Brc1cccc2scnc12.CC.CC.CC.CC.CC.CC.Cc1ccc2scnc2c1.Clc1cccc2scnc12.Fc1cccc2scnc12.[C-]#[N+]c1ccc2scnc2c1. The summed E-state index contributed by atoms with van der Waals surface area (Å²) in [6, 6.07) is 34.8. The quantitative estimate of drug-likeness (QED) is 0.141. The second kappa shape index (κ2) is 39.7. The molecular formula is C56H63Br2ClFN7S6. The van der Waals surface area contributed by atoms with E-state index in [1.165, 1.54) is 37.1 Å². The zero-order valence-corrected chi connectivity index (χ0v) is 52.3. The van der Waals surface area contributed by atoms with Crippen LogP contribution >= 0.6 is 111 Å². The van der Waals surface area contributed by atoms with Gasteiger partial charge in [0.2, 0.25) is 0 Å². The van der Waals surface area contributed by atoms with Gasteiger partial charge in [0.15, 0.2) is 5.69 Å². The van der Waals surface area contributed by atoms with Crippen LogP contribution in [0, 0.1) is 19.3 Å². The van der Waals surface area contributed by atoms with E-state index in [1.54, 1.807) is 85.3 Å². The van der Waals surface area contributed by atoms with Crippen LogP contribution in [-0.4, -0.2) is 29.9 Å². The number of nitrogens with zero attached hydrogens (tertiary/aromatic N) is 7. The Balaban J connectivity index is 0.000000420. The molecule has 0 amide bonds. The molecule has 0 unspecified atom stereocenters. The molecule has 12 rings (SSSR count). The molecule has 17 heteroatoms. The van der Waals surface area contributed by atoms with E-state index in [0.29, 0.717) is 11.2 Å². The van der Waals surface area contributed by atoms with Crippen LogP contribution in [0.15, 0.2) is 151 Å². The molecule has 73 heavy (non-hydrogen) atoms. The topological polar surface area (TPSA) is 81.7 Å². The van der Waals surface area contributed by atoms with Gasteiger partial charge in [0, 0.05) is 8.95 Å². The van der Waals surface area contributed by atoms with Crippen LogP contribution in [0.3, 0.4) is 0 Å². The van der Waals surface area contributed by atoms with Gasteiger partial charge in [-0.3, -0.25) is 0 Å². The van der Waals surface area contributed by atoms with E-state index in [0.717, 1.165) is 55.7 Å². The van der Waals surface area contributed by atoms with Crippen molar-refractivity contribution in [2.24, 2.45) is 0 Å². The Morgan fingerprint density at radius 3 is 1.42 bits per heavy atom. The molecule has 0 radical (unpaired) electrons. The van der Waals surface area contributed by atoms with Crippen LogP contribution in [0.4, 0.5) is 10.1 Å². The van der Waals surface area contributed by atoms with Crippen molar-refractivity contribution >= 4 is 178 Å². The summed E-state index contributed by atoms with van der Waals surface area (Å²) in [6.45, 7) is 32.9. The maximum absolute atomic E-state index is 12.8. The second-order valence-corrected chi connectivity index (χ2v) is 19.7. The maximum Gasteiger partial charge on any atom is 0.189 e. The van der Waals surface area contributed by atoms with Gasteiger partial charge in [0.25, 0.3) is 0 Å². The molecule has 6 aromatic heterocycles. The lowest BCUT2D eigenvalue weighted by molar-refractivity contribution is 0.637. The van der Waals surface area contributed by atoms with E-state index in [2.05, 4.69) is 104 Å². The predicted molar refractivity (Wildman–Crippen MR) is 337 cm³/mol. The number of fused-ring (bicyclic) bond motifs is 6. The molecule has 0 aliphatic rings. The summed E-state index contributed by atoms with van der Waals surface area (Å²) < 4.78 is 21.9. The van der Waals surface area contributed by atoms with Crippen LogP contribution in [0.1, 0.15) is 88.6 Å². The molecule has 6 aromatic carbocycles. The number of hydrogen-bond acceptors (Lipinski definition) is 12. The first kappa shape index (κ1) is 66.3. The van der Waals surface area contributed by atoms with Crippen molar-refractivity contribution in [2.75, 3.05) is 0 Å². The maximum atomic E-state index is 12.8. The Morgan fingerprint density at radius 2 is 0.877 bits per heavy atom. The molecule has 0 saturated carbocycles. The normalized spacial score (nSPS) is 9.15. The first-order valence-corrected chi connectivity index (χ1v) is 30.9. The molecule has 386 valence electrons. The average molecular weight is 1240 g/mol. The zero-order chi connectivity index (χ0) is 54.6. The van der Waals surface area contributed by atoms with Gasteiger partial charge in [-0.1, -0.05) is 147 Å². The van der Waals surface area contributed by atoms with Crippen molar-refractivity contribution < 1.29 is 4.39 Å². The van der Waals surface area contributed by atoms with Crippen LogP contribution in [0.5, 0.6) is 0 Å². The number of hydrogen-bond donors (Lipinski definition) is 0. The van der Waals surface area contributed by atoms with Crippen LogP contribution < -0.4 is 0 Å². The van der Waals surface area contributed by atoms with Crippen LogP contribution in [0.25, 0.3) is 66.1 Å². The Labute approximate surface area is 477 Å². The summed E-state index contributed by atoms with van der Waals surface area (Å²) >= 11 is 22.3. The molecule has 6 heterocycles. The third-order valence-electron chi connectivity index (χ3n) is 8.16. The fraction of sp³-hybridized carbons (Fsp3) is 0.232. The molecule has 0 aliphatic heterocycles. The fourth-order valence-electron chi connectivity index (χ4n) is 5.27. The summed E-state index contributed by atoms with van der Waals surface area (Å²) in [6.07, 6.45) is 0. The molecule has 0 fully saturated rings. The summed E-state index contributed by atoms with van der Waals surface area (Å²) in [4.78, 5) is 27.9. The number of thiazole rings is 6. The zero-order valence-electron chi connectivity index (χ0n) is 43.4. The fourth-order valence-corrected chi connectivity index (χ4v) is 10.8. The van der Waals surface area contributed by atoms with Crippen molar-refractivity contribution in [1.29, 1.82) is 0 Å². The smallest absolute Gasteiger partial charge is 0.189 e. The van der Waals surface area contributed by atoms with Gasteiger partial charge in [0.05, 0.1) is 100 Å². The third kappa shape index (κ3) is 22.0. The van der Waals surface area contributed by atoms with Crippen LogP contribution in [-0.2, 0) is 0 Å². The van der Waals surface area contributed by atoms with Gasteiger partial charge in [-0.25, -0.2) is 39.1 Å². The largest absolute Gasteiger partial charge is 0.246 e.